The maximum atomic E-state index is 11.3. The predicted molar refractivity (Wildman–Crippen MR) is 198 cm³/mol. The first kappa shape index (κ1) is 31.6. The monoisotopic (exact) mass is 615 g/mol. The van der Waals surface area contributed by atoms with Gasteiger partial charge in [0.1, 0.15) is 12.9 Å². The smallest absolute Gasteiger partial charge is 0.150 e. The second-order valence-electron chi connectivity index (χ2n) is 12.6. The quantitative estimate of drug-likeness (QED) is 0.120. The number of rotatable bonds is 9. The fourth-order valence-corrected chi connectivity index (χ4v) is 6.53. The first-order chi connectivity index (χ1) is 22.7. The van der Waals surface area contributed by atoms with Crippen molar-refractivity contribution in [1.82, 2.24) is 0 Å². The highest BCUT2D eigenvalue weighted by molar-refractivity contribution is 5.91. The number of carbonyl (C=O) groups excluding carboxylic acids is 1. The van der Waals surface area contributed by atoms with E-state index in [2.05, 4.69) is 131 Å². The summed E-state index contributed by atoms with van der Waals surface area (Å²) in [5.41, 5.74) is 16.2. The van der Waals surface area contributed by atoms with Crippen molar-refractivity contribution in [3.63, 3.8) is 0 Å². The van der Waals surface area contributed by atoms with E-state index in [1.165, 1.54) is 50.2 Å². The van der Waals surface area contributed by atoms with E-state index in [0.717, 1.165) is 39.6 Å². The van der Waals surface area contributed by atoms with Crippen LogP contribution in [0.15, 0.2) is 115 Å². The SMILES string of the molecule is Cc1cc(C)c(N(c2ccc(-c3cc(C)c(C)cc3C)cc2)c2ccc3cc(C=COCc4ccccc4C=O)ccc3c2)c(C)c1. The molecule has 0 saturated heterocycles. The van der Waals surface area contributed by atoms with Gasteiger partial charge in [-0.15, -0.1) is 0 Å². The summed E-state index contributed by atoms with van der Waals surface area (Å²) in [5, 5.41) is 2.32. The summed E-state index contributed by atoms with van der Waals surface area (Å²) in [7, 11) is 0. The van der Waals surface area contributed by atoms with Gasteiger partial charge in [0.2, 0.25) is 0 Å². The summed E-state index contributed by atoms with van der Waals surface area (Å²) in [6.07, 6.45) is 4.52. The molecule has 0 aliphatic heterocycles. The van der Waals surface area contributed by atoms with Crippen LogP contribution in [0.5, 0.6) is 0 Å². The summed E-state index contributed by atoms with van der Waals surface area (Å²) in [5.74, 6) is 0. The lowest BCUT2D eigenvalue weighted by Crippen LogP contribution is -2.13. The van der Waals surface area contributed by atoms with Crippen LogP contribution in [0, 0.1) is 41.5 Å². The van der Waals surface area contributed by atoms with Gasteiger partial charge in [-0.2, -0.15) is 0 Å². The number of carbonyl (C=O) groups is 1. The Hall–Kier alpha value is -5.41. The van der Waals surface area contributed by atoms with Crippen LogP contribution in [-0.2, 0) is 11.3 Å². The molecule has 0 spiro atoms. The molecule has 6 aromatic carbocycles. The highest BCUT2D eigenvalue weighted by atomic mass is 16.5. The topological polar surface area (TPSA) is 29.5 Å². The van der Waals surface area contributed by atoms with Gasteiger partial charge in [-0.25, -0.2) is 0 Å². The van der Waals surface area contributed by atoms with Gasteiger partial charge in [0, 0.05) is 16.9 Å². The van der Waals surface area contributed by atoms with Crippen LogP contribution < -0.4 is 4.90 Å². The normalized spacial score (nSPS) is 11.3. The number of hydrogen-bond acceptors (Lipinski definition) is 3. The van der Waals surface area contributed by atoms with Gasteiger partial charge in [0.15, 0.2) is 0 Å². The van der Waals surface area contributed by atoms with E-state index in [9.17, 15) is 4.79 Å². The third kappa shape index (κ3) is 6.76. The predicted octanol–water partition coefficient (Wildman–Crippen LogP) is 11.8. The maximum Gasteiger partial charge on any atom is 0.150 e. The van der Waals surface area contributed by atoms with Crippen LogP contribution in [0.4, 0.5) is 17.1 Å². The van der Waals surface area contributed by atoms with Crippen molar-refractivity contribution in [1.29, 1.82) is 0 Å². The Morgan fingerprint density at radius 2 is 1.28 bits per heavy atom. The fraction of sp³-hybridized carbons (Fsp3) is 0.159. The molecule has 0 heterocycles. The molecule has 0 fully saturated rings. The van der Waals surface area contributed by atoms with Gasteiger partial charge in [0.25, 0.3) is 0 Å². The van der Waals surface area contributed by atoms with Crippen LogP contribution >= 0.6 is 0 Å². The molecule has 0 saturated carbocycles. The lowest BCUT2D eigenvalue weighted by molar-refractivity contribution is 0.112. The van der Waals surface area contributed by atoms with Crippen molar-refractivity contribution >= 4 is 40.2 Å². The highest BCUT2D eigenvalue weighted by Gasteiger charge is 2.18. The number of fused-ring (bicyclic) bond motifs is 1. The lowest BCUT2D eigenvalue weighted by Gasteiger charge is -2.29. The molecular formula is C44H41NO2. The molecule has 0 unspecified atom stereocenters. The van der Waals surface area contributed by atoms with Crippen molar-refractivity contribution in [2.24, 2.45) is 0 Å². The molecule has 3 nitrogen and oxygen atoms in total. The van der Waals surface area contributed by atoms with E-state index >= 15 is 0 Å². The largest absolute Gasteiger partial charge is 0.496 e. The molecule has 0 bridgehead atoms. The molecule has 0 aromatic heterocycles. The van der Waals surface area contributed by atoms with E-state index in [1.807, 2.05) is 24.3 Å². The minimum Gasteiger partial charge on any atom is -0.496 e. The van der Waals surface area contributed by atoms with E-state index in [1.54, 1.807) is 12.3 Å². The number of anilines is 3. The molecule has 6 aromatic rings. The van der Waals surface area contributed by atoms with E-state index in [-0.39, 0.29) is 0 Å². The van der Waals surface area contributed by atoms with E-state index in [4.69, 9.17) is 4.74 Å². The maximum absolute atomic E-state index is 11.3. The standard InChI is InChI=1S/C44H41NO2/c1-29-21-33(5)44(34(6)22-29)45(41-16-13-36(14-17-41)43-24-31(3)30(2)23-32(43)4)42-18-15-37-25-35(11-12-38(37)26-42)19-20-47-28-40-10-8-7-9-39(40)27-46/h7-27H,28H2,1-6H3. The van der Waals surface area contributed by atoms with E-state index in [0.29, 0.717) is 12.2 Å². The van der Waals surface area contributed by atoms with Crippen molar-refractivity contribution < 1.29 is 9.53 Å². The van der Waals surface area contributed by atoms with Gasteiger partial charge in [-0.3, -0.25) is 4.79 Å². The molecular weight excluding hydrogens is 574 g/mol. The fourth-order valence-electron chi connectivity index (χ4n) is 6.53. The summed E-state index contributed by atoms with van der Waals surface area (Å²) in [4.78, 5) is 13.7. The van der Waals surface area contributed by atoms with Crippen molar-refractivity contribution in [3.8, 4) is 11.1 Å². The van der Waals surface area contributed by atoms with Crippen LogP contribution in [0.2, 0.25) is 0 Å². The first-order valence-corrected chi connectivity index (χ1v) is 16.1. The lowest BCUT2D eigenvalue weighted by atomic mass is 9.95. The van der Waals surface area contributed by atoms with Crippen LogP contribution in [-0.4, -0.2) is 6.29 Å². The van der Waals surface area contributed by atoms with E-state index < -0.39 is 0 Å². The Morgan fingerprint density at radius 3 is 2.02 bits per heavy atom. The van der Waals surface area contributed by atoms with Crippen molar-refractivity contribution in [3.05, 3.63) is 166 Å². The minimum atomic E-state index is 0.348. The van der Waals surface area contributed by atoms with Gasteiger partial charge in [-0.05, 0) is 139 Å². The van der Waals surface area contributed by atoms with Crippen LogP contribution in [0.3, 0.4) is 0 Å². The van der Waals surface area contributed by atoms with Gasteiger partial charge in [0.05, 0.1) is 11.9 Å². The minimum absolute atomic E-state index is 0.348. The Morgan fingerprint density at radius 1 is 0.617 bits per heavy atom. The van der Waals surface area contributed by atoms with Gasteiger partial charge in [-0.1, -0.05) is 84.4 Å². The molecule has 3 heteroatoms. The molecule has 0 N–H and O–H groups in total. The van der Waals surface area contributed by atoms with Gasteiger partial charge < -0.3 is 9.64 Å². The zero-order chi connectivity index (χ0) is 33.1. The molecule has 234 valence electrons. The molecule has 0 aliphatic rings. The summed E-state index contributed by atoms with van der Waals surface area (Å²) >= 11 is 0. The molecule has 0 amide bonds. The Labute approximate surface area is 278 Å². The summed E-state index contributed by atoms with van der Waals surface area (Å²) in [6.45, 7) is 13.5. The van der Waals surface area contributed by atoms with Crippen LogP contribution in [0.25, 0.3) is 28.0 Å². The number of ether oxygens (including phenoxy) is 1. The van der Waals surface area contributed by atoms with Gasteiger partial charge >= 0.3 is 0 Å². The third-order valence-electron chi connectivity index (χ3n) is 9.02. The third-order valence-corrected chi connectivity index (χ3v) is 9.02. The molecule has 0 radical (unpaired) electrons. The number of hydrogen-bond donors (Lipinski definition) is 0. The Kier molecular flexibility index (Phi) is 9.08. The average molecular weight is 616 g/mol. The number of aryl methyl sites for hydroxylation is 6. The molecule has 0 aliphatic carbocycles. The summed E-state index contributed by atoms with van der Waals surface area (Å²) in [6, 6.07) is 38.7. The average Bonchev–Trinajstić information content (AvgIpc) is 3.06. The zero-order valence-corrected chi connectivity index (χ0v) is 28.1. The van der Waals surface area contributed by atoms with Crippen molar-refractivity contribution in [2.75, 3.05) is 4.90 Å². The molecule has 47 heavy (non-hydrogen) atoms. The zero-order valence-electron chi connectivity index (χ0n) is 28.1. The first-order valence-electron chi connectivity index (χ1n) is 16.1. The highest BCUT2D eigenvalue weighted by Crippen LogP contribution is 2.41. The molecule has 0 atom stereocenters. The van der Waals surface area contributed by atoms with Crippen molar-refractivity contribution in [2.45, 2.75) is 48.1 Å². The molecule has 6 rings (SSSR count). The number of benzene rings is 6. The summed E-state index contributed by atoms with van der Waals surface area (Å²) < 4.78 is 5.77. The second kappa shape index (κ2) is 13.5. The Balaban J connectivity index is 1.32. The number of aldehydes is 1. The second-order valence-corrected chi connectivity index (χ2v) is 12.6. The van der Waals surface area contributed by atoms with Crippen LogP contribution in [0.1, 0.15) is 54.9 Å². The Bertz CT molecular complexity index is 2100. The number of nitrogens with zero attached hydrogens (tertiary/aromatic N) is 1.